The Morgan fingerprint density at radius 2 is 2.04 bits per heavy atom. The van der Waals surface area contributed by atoms with E-state index in [0.29, 0.717) is 30.1 Å². The summed E-state index contributed by atoms with van der Waals surface area (Å²) in [5.41, 5.74) is 1.07. The van der Waals surface area contributed by atoms with E-state index in [1.54, 1.807) is 14.0 Å². The number of hydrogen-bond donors (Lipinski definition) is 2. The Morgan fingerprint density at radius 3 is 2.54 bits per heavy atom. The van der Waals surface area contributed by atoms with Crippen LogP contribution in [0.2, 0.25) is 0 Å². The summed E-state index contributed by atoms with van der Waals surface area (Å²) in [7, 11) is 1.54. The van der Waals surface area contributed by atoms with E-state index >= 15 is 0 Å². The lowest BCUT2D eigenvalue weighted by Crippen LogP contribution is -2.18. The Bertz CT molecular complexity index is 659. The van der Waals surface area contributed by atoms with Gasteiger partial charge >= 0.3 is 5.97 Å². The SMILES string of the molecule is C=C/C(OCCC)=C(\C)C(=O)Nc1c(CCC)nn(C)c1C(=O)O. The summed E-state index contributed by atoms with van der Waals surface area (Å²) in [6.45, 7) is 9.65. The highest BCUT2D eigenvalue weighted by molar-refractivity contribution is 6.07. The van der Waals surface area contributed by atoms with Crippen LogP contribution in [0.3, 0.4) is 0 Å². The second-order valence-corrected chi connectivity index (χ2v) is 5.35. The molecule has 1 aromatic rings. The number of carbonyl (C=O) groups excluding carboxylic acids is 1. The van der Waals surface area contributed by atoms with Gasteiger partial charge in [0.25, 0.3) is 5.91 Å². The summed E-state index contributed by atoms with van der Waals surface area (Å²) in [6, 6.07) is 0. The molecular weight excluding hydrogens is 310 g/mol. The summed E-state index contributed by atoms with van der Waals surface area (Å²) >= 11 is 0. The first-order valence-electron chi connectivity index (χ1n) is 7.93. The molecule has 0 spiro atoms. The molecule has 0 bridgehead atoms. The summed E-state index contributed by atoms with van der Waals surface area (Å²) in [4.78, 5) is 24.0. The van der Waals surface area contributed by atoms with Crippen LogP contribution >= 0.6 is 0 Å². The average Bonchev–Trinajstić information content (AvgIpc) is 2.83. The summed E-state index contributed by atoms with van der Waals surface area (Å²) in [6.07, 6.45) is 3.63. The zero-order valence-electron chi connectivity index (χ0n) is 14.7. The molecule has 1 rings (SSSR count). The highest BCUT2D eigenvalue weighted by Gasteiger charge is 2.23. The minimum Gasteiger partial charge on any atom is -0.493 e. The van der Waals surface area contributed by atoms with Crippen molar-refractivity contribution < 1.29 is 19.4 Å². The van der Waals surface area contributed by atoms with Crippen molar-refractivity contribution in [2.45, 2.75) is 40.0 Å². The maximum absolute atomic E-state index is 12.5. The lowest BCUT2D eigenvalue weighted by atomic mass is 10.1. The maximum atomic E-state index is 12.5. The molecule has 0 unspecified atom stereocenters. The molecule has 1 heterocycles. The van der Waals surface area contributed by atoms with E-state index < -0.39 is 11.9 Å². The predicted octanol–water partition coefficient (Wildman–Crippen LogP) is 2.90. The van der Waals surface area contributed by atoms with Crippen molar-refractivity contribution in [3.63, 3.8) is 0 Å². The highest BCUT2D eigenvalue weighted by Crippen LogP contribution is 2.23. The molecule has 24 heavy (non-hydrogen) atoms. The maximum Gasteiger partial charge on any atom is 0.356 e. The van der Waals surface area contributed by atoms with E-state index in [-0.39, 0.29) is 11.4 Å². The number of amides is 1. The van der Waals surface area contributed by atoms with Crippen molar-refractivity contribution in [3.05, 3.63) is 35.4 Å². The lowest BCUT2D eigenvalue weighted by molar-refractivity contribution is -0.113. The third-order valence-corrected chi connectivity index (χ3v) is 3.40. The van der Waals surface area contributed by atoms with Gasteiger partial charge in [0.15, 0.2) is 5.69 Å². The van der Waals surface area contributed by atoms with Gasteiger partial charge in [-0.25, -0.2) is 4.79 Å². The third-order valence-electron chi connectivity index (χ3n) is 3.40. The molecule has 0 saturated carbocycles. The van der Waals surface area contributed by atoms with Gasteiger partial charge in [-0.1, -0.05) is 26.8 Å². The number of rotatable bonds is 9. The lowest BCUT2D eigenvalue weighted by Gasteiger charge is -2.11. The molecule has 0 atom stereocenters. The molecule has 2 N–H and O–H groups in total. The third kappa shape index (κ3) is 4.47. The Kier molecular flexibility index (Phi) is 7.23. The number of hydrogen-bond acceptors (Lipinski definition) is 4. The van der Waals surface area contributed by atoms with Crippen LogP contribution in [0.15, 0.2) is 24.0 Å². The number of carboxylic acid groups (broad SMARTS) is 1. The van der Waals surface area contributed by atoms with Crippen molar-refractivity contribution in [1.29, 1.82) is 0 Å². The van der Waals surface area contributed by atoms with Crippen LogP contribution in [0.4, 0.5) is 5.69 Å². The normalized spacial score (nSPS) is 11.7. The molecule has 7 nitrogen and oxygen atoms in total. The van der Waals surface area contributed by atoms with Crippen LogP contribution in [0.5, 0.6) is 0 Å². The van der Waals surface area contributed by atoms with Gasteiger partial charge in [-0.05, 0) is 25.8 Å². The summed E-state index contributed by atoms with van der Waals surface area (Å²) in [5.74, 6) is -1.20. The van der Waals surface area contributed by atoms with Crippen LogP contribution in [0.25, 0.3) is 0 Å². The number of ether oxygens (including phenoxy) is 1. The first kappa shape index (κ1) is 19.5. The van der Waals surface area contributed by atoms with E-state index in [1.807, 2.05) is 13.8 Å². The van der Waals surface area contributed by atoms with Gasteiger partial charge in [0.2, 0.25) is 0 Å². The van der Waals surface area contributed by atoms with Gasteiger partial charge in [-0.2, -0.15) is 5.10 Å². The molecule has 0 aliphatic carbocycles. The fourth-order valence-electron chi connectivity index (χ4n) is 2.22. The highest BCUT2D eigenvalue weighted by atomic mass is 16.5. The fraction of sp³-hybridized carbons (Fsp3) is 0.471. The van der Waals surface area contributed by atoms with Crippen LogP contribution < -0.4 is 5.32 Å². The van der Waals surface area contributed by atoms with E-state index in [1.165, 1.54) is 10.8 Å². The smallest absolute Gasteiger partial charge is 0.356 e. The average molecular weight is 335 g/mol. The van der Waals surface area contributed by atoms with Gasteiger partial charge < -0.3 is 15.2 Å². The topological polar surface area (TPSA) is 93.5 Å². The molecule has 0 aliphatic rings. The largest absolute Gasteiger partial charge is 0.493 e. The van der Waals surface area contributed by atoms with Crippen molar-refractivity contribution in [2.75, 3.05) is 11.9 Å². The molecule has 1 amide bonds. The number of nitrogens with one attached hydrogen (secondary N) is 1. The number of aromatic carboxylic acids is 1. The van der Waals surface area contributed by atoms with Gasteiger partial charge in [-0.3, -0.25) is 9.48 Å². The summed E-state index contributed by atoms with van der Waals surface area (Å²) < 4.78 is 6.75. The Labute approximate surface area is 142 Å². The molecule has 7 heteroatoms. The van der Waals surface area contributed by atoms with E-state index in [4.69, 9.17) is 4.74 Å². The zero-order valence-corrected chi connectivity index (χ0v) is 14.7. The molecule has 0 radical (unpaired) electrons. The second kappa shape index (κ2) is 8.90. The number of aryl methyl sites for hydroxylation is 2. The fourth-order valence-corrected chi connectivity index (χ4v) is 2.22. The van der Waals surface area contributed by atoms with Crippen molar-refractivity contribution >= 4 is 17.6 Å². The zero-order chi connectivity index (χ0) is 18.3. The minimum atomic E-state index is -1.14. The van der Waals surface area contributed by atoms with Crippen LogP contribution in [-0.4, -0.2) is 33.4 Å². The number of anilines is 1. The number of allylic oxidation sites excluding steroid dienone is 1. The molecular formula is C17H25N3O4. The van der Waals surface area contributed by atoms with E-state index in [9.17, 15) is 14.7 Å². The van der Waals surface area contributed by atoms with Gasteiger partial charge in [0.1, 0.15) is 5.76 Å². The molecule has 0 aliphatic heterocycles. The number of carboxylic acids is 1. The van der Waals surface area contributed by atoms with Crippen molar-refractivity contribution in [3.8, 4) is 0 Å². The standard InChI is InChI=1S/C17H25N3O4/c1-6-9-12-14(15(17(22)23)20(5)19-12)18-16(21)11(4)13(8-3)24-10-7-2/h8H,3,6-7,9-10H2,1-2,4-5H3,(H,18,21)(H,22,23)/b13-11-. The Hall–Kier alpha value is -2.57. The van der Waals surface area contributed by atoms with Crippen molar-refractivity contribution in [1.82, 2.24) is 9.78 Å². The van der Waals surface area contributed by atoms with Gasteiger partial charge in [0.05, 0.1) is 23.6 Å². The van der Waals surface area contributed by atoms with E-state index in [0.717, 1.165) is 12.8 Å². The van der Waals surface area contributed by atoms with Gasteiger partial charge in [-0.15, -0.1) is 0 Å². The molecule has 0 saturated heterocycles. The first-order valence-corrected chi connectivity index (χ1v) is 7.93. The number of nitrogens with zero attached hydrogens (tertiary/aromatic N) is 2. The quantitative estimate of drug-likeness (QED) is 0.411. The van der Waals surface area contributed by atoms with Crippen LogP contribution in [-0.2, 0) is 23.0 Å². The molecule has 1 aromatic heterocycles. The molecule has 0 fully saturated rings. The summed E-state index contributed by atoms with van der Waals surface area (Å²) in [5, 5.41) is 16.3. The number of carbonyl (C=O) groups is 2. The Balaban J connectivity index is 3.19. The van der Waals surface area contributed by atoms with Gasteiger partial charge in [0, 0.05) is 7.05 Å². The molecule has 132 valence electrons. The Morgan fingerprint density at radius 1 is 1.38 bits per heavy atom. The molecule has 0 aromatic carbocycles. The second-order valence-electron chi connectivity index (χ2n) is 5.35. The first-order chi connectivity index (χ1) is 11.4. The number of aromatic nitrogens is 2. The van der Waals surface area contributed by atoms with E-state index in [2.05, 4.69) is 17.0 Å². The van der Waals surface area contributed by atoms with Crippen molar-refractivity contribution in [2.24, 2.45) is 7.05 Å². The monoisotopic (exact) mass is 335 g/mol. The van der Waals surface area contributed by atoms with Crippen LogP contribution in [0.1, 0.15) is 49.8 Å². The van der Waals surface area contributed by atoms with Crippen LogP contribution in [0, 0.1) is 0 Å². The minimum absolute atomic E-state index is 0.0470. The predicted molar refractivity (Wildman–Crippen MR) is 91.9 cm³/mol.